The predicted octanol–water partition coefficient (Wildman–Crippen LogP) is 4.00. The molecule has 12 nitrogen and oxygen atoms in total. The lowest BCUT2D eigenvalue weighted by atomic mass is 9.41. The number of carboxylic acid groups (broad SMARTS) is 1. The van der Waals surface area contributed by atoms with Crippen LogP contribution in [0.15, 0.2) is 41.5 Å². The summed E-state index contributed by atoms with van der Waals surface area (Å²) in [5.41, 5.74) is -5.97. The Labute approximate surface area is 273 Å². The van der Waals surface area contributed by atoms with Crippen molar-refractivity contribution in [1.29, 1.82) is 0 Å². The molecule has 4 aliphatic carbocycles. The average Bonchev–Trinajstić information content (AvgIpc) is 3.38. The van der Waals surface area contributed by atoms with E-state index in [1.54, 1.807) is 39.0 Å². The largest absolute Gasteiger partial charge is 0.506 e. The Bertz CT molecular complexity index is 1520. The SMILES string of the molecule is CC(=O)O[C@H]1C(=O)[C@@]2(C)C([C@H](OC(=O)c3ccccc3)C3(C)C(OC(=O)O)C(O)C(C)=C1C3(C)C)[C@]1(OC(C)=O)CCC[C@@H]1C[C@@H]2O. The van der Waals surface area contributed by atoms with Crippen LogP contribution in [-0.4, -0.2) is 81.3 Å². The quantitative estimate of drug-likeness (QED) is 0.236. The van der Waals surface area contributed by atoms with Gasteiger partial charge in [0.25, 0.3) is 0 Å². The Balaban J connectivity index is 1.93. The zero-order valence-corrected chi connectivity index (χ0v) is 27.8. The second-order valence-corrected chi connectivity index (χ2v) is 14.4. The maximum atomic E-state index is 15.2. The molecule has 0 amide bonds. The number of carbonyl (C=O) groups is 5. The molecule has 10 atom stereocenters. The van der Waals surface area contributed by atoms with Crippen LogP contribution in [0.3, 0.4) is 0 Å². The molecule has 4 aliphatic rings. The van der Waals surface area contributed by atoms with Crippen molar-refractivity contribution in [3.8, 4) is 0 Å². The number of hydrogen-bond acceptors (Lipinski definition) is 11. The monoisotopic (exact) mass is 656 g/mol. The zero-order chi connectivity index (χ0) is 34.9. The van der Waals surface area contributed by atoms with Crippen molar-refractivity contribution in [3.63, 3.8) is 0 Å². The van der Waals surface area contributed by atoms with Gasteiger partial charge in [-0.05, 0) is 62.8 Å². The average molecular weight is 657 g/mol. The summed E-state index contributed by atoms with van der Waals surface area (Å²) in [4.78, 5) is 67.1. The number of Topliss-reactive ketones (excluding diaryl/α,β-unsaturated/α-hetero) is 1. The van der Waals surface area contributed by atoms with Gasteiger partial charge in [0.1, 0.15) is 23.9 Å². The van der Waals surface area contributed by atoms with Gasteiger partial charge < -0.3 is 34.3 Å². The fourth-order valence-electron chi connectivity index (χ4n) is 9.57. The van der Waals surface area contributed by atoms with Gasteiger partial charge in [0.15, 0.2) is 11.9 Å². The van der Waals surface area contributed by atoms with Crippen LogP contribution in [0.4, 0.5) is 4.79 Å². The van der Waals surface area contributed by atoms with Crippen LogP contribution < -0.4 is 0 Å². The molecule has 3 fully saturated rings. The highest BCUT2D eigenvalue weighted by Gasteiger charge is 2.77. The molecule has 0 aromatic heterocycles. The minimum Gasteiger partial charge on any atom is -0.458 e. The first kappa shape index (κ1) is 34.6. The number of aliphatic hydroxyl groups excluding tert-OH is 2. The minimum atomic E-state index is -1.88. The summed E-state index contributed by atoms with van der Waals surface area (Å²) >= 11 is 0. The number of ketones is 1. The Morgan fingerprint density at radius 3 is 2.11 bits per heavy atom. The number of esters is 3. The van der Waals surface area contributed by atoms with Crippen LogP contribution in [0, 0.1) is 28.1 Å². The topological polar surface area (TPSA) is 183 Å². The van der Waals surface area contributed by atoms with Crippen molar-refractivity contribution in [2.75, 3.05) is 0 Å². The van der Waals surface area contributed by atoms with Gasteiger partial charge in [-0.25, -0.2) is 9.59 Å². The molecule has 256 valence electrons. The third-order valence-electron chi connectivity index (χ3n) is 12.0. The number of benzene rings is 1. The Morgan fingerprint density at radius 1 is 0.894 bits per heavy atom. The Kier molecular flexibility index (Phi) is 8.63. The smallest absolute Gasteiger partial charge is 0.458 e. The van der Waals surface area contributed by atoms with E-state index in [4.69, 9.17) is 18.9 Å². The summed E-state index contributed by atoms with van der Waals surface area (Å²) in [7, 11) is 0. The molecule has 0 spiro atoms. The first-order valence-electron chi connectivity index (χ1n) is 16.0. The van der Waals surface area contributed by atoms with Crippen LogP contribution in [0.5, 0.6) is 0 Å². The van der Waals surface area contributed by atoms with Crippen molar-refractivity contribution in [2.24, 2.45) is 28.1 Å². The highest BCUT2D eigenvalue weighted by molar-refractivity contribution is 5.95. The number of ether oxygens (including phenoxy) is 4. The van der Waals surface area contributed by atoms with Crippen molar-refractivity contribution in [3.05, 3.63) is 47.0 Å². The fraction of sp³-hybridized carbons (Fsp3) is 0.629. The number of aliphatic hydroxyl groups is 2. The summed E-state index contributed by atoms with van der Waals surface area (Å²) in [5, 5.41) is 33.9. The van der Waals surface area contributed by atoms with E-state index in [9.17, 15) is 34.5 Å². The number of carbonyl (C=O) groups excluding carboxylic acids is 4. The predicted molar refractivity (Wildman–Crippen MR) is 164 cm³/mol. The van der Waals surface area contributed by atoms with Gasteiger partial charge in [0.05, 0.1) is 28.4 Å². The van der Waals surface area contributed by atoms with Gasteiger partial charge in [0, 0.05) is 25.2 Å². The van der Waals surface area contributed by atoms with E-state index in [0.717, 1.165) is 6.92 Å². The van der Waals surface area contributed by atoms with Crippen LogP contribution in [0.1, 0.15) is 84.5 Å². The lowest BCUT2D eigenvalue weighted by Gasteiger charge is -2.66. The lowest BCUT2D eigenvalue weighted by Crippen LogP contribution is -2.76. The van der Waals surface area contributed by atoms with Gasteiger partial charge in [-0.2, -0.15) is 0 Å². The van der Waals surface area contributed by atoms with Gasteiger partial charge in [-0.3, -0.25) is 14.4 Å². The Morgan fingerprint density at radius 2 is 1.53 bits per heavy atom. The van der Waals surface area contributed by atoms with Crippen LogP contribution in [-0.2, 0) is 33.3 Å². The highest BCUT2D eigenvalue weighted by atomic mass is 16.7. The summed E-state index contributed by atoms with van der Waals surface area (Å²) in [6.45, 7) is 10.4. The molecule has 0 aliphatic heterocycles. The van der Waals surface area contributed by atoms with E-state index >= 15 is 4.79 Å². The molecule has 47 heavy (non-hydrogen) atoms. The van der Waals surface area contributed by atoms with E-state index in [-0.39, 0.29) is 29.6 Å². The third-order valence-corrected chi connectivity index (χ3v) is 12.0. The zero-order valence-electron chi connectivity index (χ0n) is 27.8. The Hall–Kier alpha value is -3.77. The van der Waals surface area contributed by atoms with Gasteiger partial charge in [-0.1, -0.05) is 39.0 Å². The van der Waals surface area contributed by atoms with Gasteiger partial charge in [0.2, 0.25) is 0 Å². The number of fused-ring (bicyclic) bond motifs is 5. The van der Waals surface area contributed by atoms with Gasteiger partial charge in [-0.15, -0.1) is 0 Å². The van der Waals surface area contributed by atoms with E-state index < -0.39 is 94.0 Å². The second-order valence-electron chi connectivity index (χ2n) is 14.4. The molecule has 5 rings (SSSR count). The molecule has 1 aromatic carbocycles. The van der Waals surface area contributed by atoms with E-state index in [1.165, 1.54) is 32.9 Å². The van der Waals surface area contributed by atoms with Crippen LogP contribution in [0.2, 0.25) is 0 Å². The summed E-state index contributed by atoms with van der Waals surface area (Å²) in [6.07, 6.45) is -8.06. The van der Waals surface area contributed by atoms with Crippen molar-refractivity contribution in [1.82, 2.24) is 0 Å². The van der Waals surface area contributed by atoms with Crippen molar-refractivity contribution >= 4 is 29.8 Å². The molecule has 0 heterocycles. The minimum absolute atomic E-state index is 0.0635. The molecule has 0 radical (unpaired) electrons. The molecule has 3 N–H and O–H groups in total. The molecule has 0 saturated heterocycles. The third kappa shape index (κ3) is 4.97. The first-order chi connectivity index (χ1) is 21.8. The van der Waals surface area contributed by atoms with E-state index in [1.807, 2.05) is 0 Å². The highest BCUT2D eigenvalue weighted by Crippen LogP contribution is 2.68. The maximum Gasteiger partial charge on any atom is 0.506 e. The van der Waals surface area contributed by atoms with Crippen LogP contribution in [0.25, 0.3) is 0 Å². The molecule has 3 saturated carbocycles. The molecule has 12 heteroatoms. The molecule has 1 aromatic rings. The summed E-state index contributed by atoms with van der Waals surface area (Å²) < 4.78 is 24.0. The maximum absolute atomic E-state index is 15.2. The number of hydrogen-bond donors (Lipinski definition) is 3. The van der Waals surface area contributed by atoms with Crippen molar-refractivity contribution in [2.45, 2.75) is 110 Å². The van der Waals surface area contributed by atoms with Gasteiger partial charge >= 0.3 is 24.1 Å². The molecule has 4 unspecified atom stereocenters. The van der Waals surface area contributed by atoms with E-state index in [2.05, 4.69) is 0 Å². The standard InChI is InChI=1S/C35H44O12/c1-17-23-25(44-18(2)36)27(40)33(6)22(38)16-21-14-11-15-35(21,47-19(3)37)26(33)29(45-30(41)20-12-9-8-10-13-20)34(7,32(23,4)5)28(24(17)39)46-31(42)43/h8-10,12-13,21-22,24-26,28-29,38-39H,11,14-16H2,1-7H3,(H,42,43)/t21-,22+,24?,25-,26?,28?,29+,33-,34?,35+/m1/s1. The summed E-state index contributed by atoms with van der Waals surface area (Å²) in [5.74, 6) is -4.75. The first-order valence-corrected chi connectivity index (χ1v) is 16.0. The summed E-state index contributed by atoms with van der Waals surface area (Å²) in [6, 6.07) is 8.06. The molecular formula is C35H44O12. The lowest BCUT2D eigenvalue weighted by molar-refractivity contribution is -0.267. The van der Waals surface area contributed by atoms with Crippen molar-refractivity contribution < 1.29 is 58.2 Å². The normalized spacial score (nSPS) is 39.0. The fourth-order valence-corrected chi connectivity index (χ4v) is 9.57. The van der Waals surface area contributed by atoms with E-state index in [0.29, 0.717) is 12.8 Å². The number of rotatable bonds is 5. The second kappa shape index (κ2) is 11.7. The van der Waals surface area contributed by atoms with Crippen LogP contribution >= 0.6 is 0 Å². The molecule has 2 bridgehead atoms. The molecular weight excluding hydrogens is 612 g/mol.